The first-order chi connectivity index (χ1) is 13.0. The quantitative estimate of drug-likeness (QED) is 0.818. The minimum absolute atomic E-state index is 0.0927. The van der Waals surface area contributed by atoms with Gasteiger partial charge in [-0.2, -0.15) is 5.10 Å². The van der Waals surface area contributed by atoms with Crippen molar-refractivity contribution in [3.63, 3.8) is 0 Å². The van der Waals surface area contributed by atoms with Gasteiger partial charge in [0.25, 0.3) is 0 Å². The van der Waals surface area contributed by atoms with Crippen LogP contribution in [0.2, 0.25) is 0 Å². The minimum Gasteiger partial charge on any atom is -0.354 e. The first-order valence-electron chi connectivity index (χ1n) is 9.61. The molecule has 0 saturated heterocycles. The lowest BCUT2D eigenvalue weighted by molar-refractivity contribution is -0.122. The lowest BCUT2D eigenvalue weighted by Gasteiger charge is -2.09. The number of carbonyl (C=O) groups excluding carboxylic acids is 2. The number of hydrogen-bond donors (Lipinski definition) is 1. The molecule has 0 unspecified atom stereocenters. The van der Waals surface area contributed by atoms with Crippen molar-refractivity contribution in [2.24, 2.45) is 0 Å². The average molecular weight is 365 g/mol. The monoisotopic (exact) mass is 365 g/mol. The van der Waals surface area contributed by atoms with Gasteiger partial charge in [-0.1, -0.05) is 37.3 Å². The summed E-state index contributed by atoms with van der Waals surface area (Å²) >= 11 is 0. The molecule has 1 aliphatic rings. The Morgan fingerprint density at radius 2 is 1.93 bits per heavy atom. The van der Waals surface area contributed by atoms with Gasteiger partial charge in [-0.05, 0) is 43.4 Å². The van der Waals surface area contributed by atoms with E-state index in [1.54, 1.807) is 0 Å². The molecule has 0 aliphatic heterocycles. The predicted octanol–water partition coefficient (Wildman–Crippen LogP) is 3.39. The normalized spacial score (nSPS) is 14.1. The minimum atomic E-state index is -0.106. The molecule has 0 fully saturated rings. The zero-order valence-electron chi connectivity index (χ0n) is 16.3. The highest BCUT2D eigenvalue weighted by atomic mass is 16.2. The van der Waals surface area contributed by atoms with Gasteiger partial charge in [-0.15, -0.1) is 0 Å². The number of Topliss-reactive ketones (excluding diaryl/α,β-unsaturated/α-hetero) is 1. The highest BCUT2D eigenvalue weighted by Crippen LogP contribution is 2.33. The number of benzene rings is 1. The molecule has 0 radical (unpaired) electrons. The Kier molecular flexibility index (Phi) is 5.89. The largest absolute Gasteiger partial charge is 0.354 e. The topological polar surface area (TPSA) is 64.0 Å². The fourth-order valence-corrected chi connectivity index (χ4v) is 3.86. The summed E-state index contributed by atoms with van der Waals surface area (Å²) < 4.78 is 1.95. The maximum atomic E-state index is 12.4. The van der Waals surface area contributed by atoms with E-state index in [1.807, 2.05) is 41.9 Å². The van der Waals surface area contributed by atoms with Crippen LogP contribution in [0, 0.1) is 13.8 Å². The number of nitrogens with zero attached hydrogens (tertiary/aromatic N) is 2. The van der Waals surface area contributed by atoms with Gasteiger partial charge in [0, 0.05) is 24.2 Å². The molecule has 5 nitrogen and oxygen atoms in total. The summed E-state index contributed by atoms with van der Waals surface area (Å²) in [4.78, 5) is 24.7. The Bertz CT molecular complexity index is 878. The summed E-state index contributed by atoms with van der Waals surface area (Å²) in [5, 5.41) is 7.49. The SMILES string of the molecule is CCc1c(C)nn(CCNC(=O)CC2=C(c3ccccc3)CCC2=O)c1C. The first kappa shape index (κ1) is 19.1. The second kappa shape index (κ2) is 8.33. The lowest BCUT2D eigenvalue weighted by Crippen LogP contribution is -2.28. The molecule has 0 bridgehead atoms. The molecule has 1 aromatic carbocycles. The van der Waals surface area contributed by atoms with Gasteiger partial charge in [0.1, 0.15) is 0 Å². The second-order valence-corrected chi connectivity index (χ2v) is 7.00. The zero-order chi connectivity index (χ0) is 19.4. The third-order valence-electron chi connectivity index (χ3n) is 5.29. The van der Waals surface area contributed by atoms with Crippen LogP contribution in [0.25, 0.3) is 5.57 Å². The van der Waals surface area contributed by atoms with Crippen LogP contribution in [-0.4, -0.2) is 28.0 Å². The summed E-state index contributed by atoms with van der Waals surface area (Å²) in [6, 6.07) is 9.87. The van der Waals surface area contributed by atoms with E-state index >= 15 is 0 Å². The van der Waals surface area contributed by atoms with Gasteiger partial charge in [0.15, 0.2) is 5.78 Å². The summed E-state index contributed by atoms with van der Waals surface area (Å²) in [7, 11) is 0. The maximum Gasteiger partial charge on any atom is 0.224 e. The average Bonchev–Trinajstić information content (AvgIpc) is 3.15. The highest BCUT2D eigenvalue weighted by molar-refractivity contribution is 6.10. The Morgan fingerprint density at radius 1 is 1.19 bits per heavy atom. The smallest absolute Gasteiger partial charge is 0.224 e. The molecule has 142 valence electrons. The summed E-state index contributed by atoms with van der Waals surface area (Å²) in [6.45, 7) is 7.35. The van der Waals surface area contributed by atoms with Crippen LogP contribution in [-0.2, 0) is 22.6 Å². The van der Waals surface area contributed by atoms with Crippen LogP contribution in [0.4, 0.5) is 0 Å². The molecule has 0 spiro atoms. The molecular weight excluding hydrogens is 338 g/mol. The summed E-state index contributed by atoms with van der Waals surface area (Å²) in [5.74, 6) is -0.0129. The van der Waals surface area contributed by atoms with Crippen molar-refractivity contribution in [2.75, 3.05) is 6.54 Å². The van der Waals surface area contributed by atoms with E-state index in [2.05, 4.69) is 24.3 Å². The molecular formula is C22H27N3O2. The van der Waals surface area contributed by atoms with Gasteiger partial charge in [0.2, 0.25) is 5.91 Å². The Hall–Kier alpha value is -2.69. The van der Waals surface area contributed by atoms with Crippen molar-refractivity contribution in [1.29, 1.82) is 0 Å². The fourth-order valence-electron chi connectivity index (χ4n) is 3.86. The van der Waals surface area contributed by atoms with Crippen LogP contribution in [0.3, 0.4) is 0 Å². The molecule has 0 atom stereocenters. The number of allylic oxidation sites excluding steroid dienone is 1. The maximum absolute atomic E-state index is 12.4. The predicted molar refractivity (Wildman–Crippen MR) is 106 cm³/mol. The molecule has 1 aromatic heterocycles. The van der Waals surface area contributed by atoms with E-state index in [0.29, 0.717) is 25.1 Å². The molecule has 1 N–H and O–H groups in total. The van der Waals surface area contributed by atoms with Crippen molar-refractivity contribution in [3.8, 4) is 0 Å². The number of ketones is 1. The molecule has 1 amide bonds. The van der Waals surface area contributed by atoms with Gasteiger partial charge < -0.3 is 5.32 Å². The molecule has 3 rings (SSSR count). The Balaban J connectivity index is 1.61. The molecule has 1 aliphatic carbocycles. The number of amides is 1. The van der Waals surface area contributed by atoms with Crippen molar-refractivity contribution in [2.45, 2.75) is 53.0 Å². The molecule has 5 heteroatoms. The lowest BCUT2D eigenvalue weighted by atomic mass is 10.00. The van der Waals surface area contributed by atoms with Crippen LogP contribution in [0.1, 0.15) is 48.7 Å². The van der Waals surface area contributed by atoms with E-state index < -0.39 is 0 Å². The number of hydrogen-bond acceptors (Lipinski definition) is 3. The van der Waals surface area contributed by atoms with E-state index in [1.165, 1.54) is 5.56 Å². The number of rotatable bonds is 7. The third kappa shape index (κ3) is 4.18. The number of nitrogens with one attached hydrogen (secondary N) is 1. The fraction of sp³-hybridized carbons (Fsp3) is 0.409. The molecule has 1 heterocycles. The Labute approximate surface area is 160 Å². The number of aryl methyl sites for hydroxylation is 1. The van der Waals surface area contributed by atoms with E-state index in [0.717, 1.165) is 35.4 Å². The van der Waals surface area contributed by atoms with Crippen LogP contribution in [0.15, 0.2) is 35.9 Å². The van der Waals surface area contributed by atoms with Crippen molar-refractivity contribution >= 4 is 17.3 Å². The van der Waals surface area contributed by atoms with E-state index in [9.17, 15) is 9.59 Å². The third-order valence-corrected chi connectivity index (χ3v) is 5.29. The zero-order valence-corrected chi connectivity index (χ0v) is 16.3. The van der Waals surface area contributed by atoms with Gasteiger partial charge >= 0.3 is 0 Å². The van der Waals surface area contributed by atoms with Crippen LogP contribution < -0.4 is 5.32 Å². The summed E-state index contributed by atoms with van der Waals surface area (Å²) in [6.07, 6.45) is 2.33. The van der Waals surface area contributed by atoms with E-state index in [4.69, 9.17) is 0 Å². The number of aromatic nitrogens is 2. The molecule has 27 heavy (non-hydrogen) atoms. The van der Waals surface area contributed by atoms with Crippen LogP contribution >= 0.6 is 0 Å². The number of carbonyl (C=O) groups is 2. The van der Waals surface area contributed by atoms with Gasteiger partial charge in [-0.25, -0.2) is 0 Å². The molecule has 2 aromatic rings. The van der Waals surface area contributed by atoms with Gasteiger partial charge in [-0.3, -0.25) is 14.3 Å². The molecule has 0 saturated carbocycles. The van der Waals surface area contributed by atoms with Crippen molar-refractivity contribution < 1.29 is 9.59 Å². The summed E-state index contributed by atoms with van der Waals surface area (Å²) in [5.41, 5.74) is 6.20. The van der Waals surface area contributed by atoms with Crippen LogP contribution in [0.5, 0.6) is 0 Å². The first-order valence-corrected chi connectivity index (χ1v) is 9.61. The van der Waals surface area contributed by atoms with E-state index in [-0.39, 0.29) is 18.1 Å². The van der Waals surface area contributed by atoms with Gasteiger partial charge in [0.05, 0.1) is 18.7 Å². The highest BCUT2D eigenvalue weighted by Gasteiger charge is 2.25. The second-order valence-electron chi connectivity index (χ2n) is 7.00. The standard InChI is InChI=1S/C22H27N3O2/c1-4-18-15(2)24-25(16(18)3)13-12-23-22(27)14-20-19(10-11-21(20)26)17-8-6-5-7-9-17/h5-9H,4,10-14H2,1-3H3,(H,23,27). The van der Waals surface area contributed by atoms with Crippen molar-refractivity contribution in [1.82, 2.24) is 15.1 Å². The van der Waals surface area contributed by atoms with Crippen molar-refractivity contribution in [3.05, 3.63) is 58.4 Å². The Morgan fingerprint density at radius 3 is 2.59 bits per heavy atom.